The molecule has 1 N–H and O–H groups in total. The Hall–Kier alpha value is -3.84. The van der Waals surface area contributed by atoms with Gasteiger partial charge in [0.25, 0.3) is 5.56 Å². The number of halogens is 1. The fraction of sp³-hybridized carbons (Fsp3) is 0.250. The van der Waals surface area contributed by atoms with Crippen LogP contribution >= 0.6 is 0 Å². The number of nitrogens with zero attached hydrogens (tertiary/aromatic N) is 2. The molecule has 0 radical (unpaired) electrons. The minimum Gasteiger partial charge on any atom is -0.458 e. The zero-order valence-electron chi connectivity index (χ0n) is 19.2. The molecule has 6 rings (SSSR count). The molecule has 0 amide bonds. The third-order valence-electron chi connectivity index (χ3n) is 7.21. The van der Waals surface area contributed by atoms with Crippen LogP contribution in [0.4, 0.5) is 4.39 Å². The maximum absolute atomic E-state index is 13.4. The molecule has 0 bridgehead atoms. The second-order valence-corrected chi connectivity index (χ2v) is 9.06. The molecule has 0 fully saturated rings. The predicted molar refractivity (Wildman–Crippen MR) is 130 cm³/mol. The number of carbonyl (C=O) groups is 1. The zero-order valence-corrected chi connectivity index (χ0v) is 19.2. The van der Waals surface area contributed by atoms with E-state index in [1.165, 1.54) is 0 Å². The summed E-state index contributed by atoms with van der Waals surface area (Å²) in [5, 5.41) is 12.1. The lowest BCUT2D eigenvalue weighted by molar-refractivity contribution is -0.173. The van der Waals surface area contributed by atoms with E-state index in [0.717, 1.165) is 39.6 Å². The summed E-state index contributed by atoms with van der Waals surface area (Å²) in [6, 6.07) is 17.9. The van der Waals surface area contributed by atoms with Crippen LogP contribution in [-0.2, 0) is 34.7 Å². The molecule has 0 spiro atoms. The van der Waals surface area contributed by atoms with Crippen molar-refractivity contribution in [3.05, 3.63) is 87.2 Å². The number of cyclic esters (lactones) is 1. The number of carbonyl (C=O) groups excluding carboxylic acids is 1. The summed E-state index contributed by atoms with van der Waals surface area (Å²) in [5.41, 5.74) is 4.01. The van der Waals surface area contributed by atoms with Crippen LogP contribution in [0.5, 0.6) is 0 Å². The van der Waals surface area contributed by atoms with E-state index in [4.69, 9.17) is 9.72 Å². The van der Waals surface area contributed by atoms with Crippen molar-refractivity contribution in [3.63, 3.8) is 0 Å². The summed E-state index contributed by atoms with van der Waals surface area (Å²) < 4.78 is 20.0. The molecule has 2 aromatic carbocycles. The molecule has 2 aliphatic heterocycles. The van der Waals surface area contributed by atoms with Crippen LogP contribution in [-0.4, -0.2) is 27.3 Å². The predicted octanol–water partition coefficient (Wildman–Crippen LogP) is 4.26. The van der Waals surface area contributed by atoms with Crippen molar-refractivity contribution in [1.82, 2.24) is 9.55 Å². The number of pyridine rings is 2. The van der Waals surface area contributed by atoms with Gasteiger partial charge >= 0.3 is 5.97 Å². The molecule has 4 heterocycles. The number of hydrogen-bond acceptors (Lipinski definition) is 5. The number of benzene rings is 2. The van der Waals surface area contributed by atoms with E-state index in [1.54, 1.807) is 10.6 Å². The first kappa shape index (κ1) is 21.7. The summed E-state index contributed by atoms with van der Waals surface area (Å²) >= 11 is 0. The molecule has 0 aliphatic carbocycles. The van der Waals surface area contributed by atoms with E-state index in [0.29, 0.717) is 17.9 Å². The van der Waals surface area contributed by atoms with Crippen molar-refractivity contribution in [1.29, 1.82) is 0 Å². The summed E-state index contributed by atoms with van der Waals surface area (Å²) in [7, 11) is 0. The molecule has 7 heteroatoms. The third-order valence-corrected chi connectivity index (χ3v) is 7.21. The fourth-order valence-electron chi connectivity index (χ4n) is 5.41. The Morgan fingerprint density at radius 1 is 1.09 bits per heavy atom. The van der Waals surface area contributed by atoms with E-state index >= 15 is 0 Å². The summed E-state index contributed by atoms with van der Waals surface area (Å²) in [6.45, 7) is 1.25. The summed E-state index contributed by atoms with van der Waals surface area (Å²) in [5.74, 6) is -0.931. The normalized spacial score (nSPS) is 18.2. The second-order valence-electron chi connectivity index (χ2n) is 9.06. The van der Waals surface area contributed by atoms with E-state index in [9.17, 15) is 19.1 Å². The minimum atomic E-state index is -2.19. The zero-order chi connectivity index (χ0) is 24.3. The lowest BCUT2D eigenvalue weighted by Gasteiger charge is -2.32. The number of rotatable bonds is 4. The molecule has 1 atom stereocenters. The number of aliphatic hydroxyl groups is 1. The van der Waals surface area contributed by atoms with Gasteiger partial charge in [-0.2, -0.15) is 0 Å². The number of alkyl halides is 1. The van der Waals surface area contributed by atoms with Gasteiger partial charge in [-0.3, -0.25) is 9.18 Å². The Balaban J connectivity index is 1.58. The van der Waals surface area contributed by atoms with Gasteiger partial charge in [0.1, 0.15) is 6.61 Å². The summed E-state index contributed by atoms with van der Waals surface area (Å²) in [4.78, 5) is 30.7. The number of hydrogen-bond donors (Lipinski definition) is 1. The maximum atomic E-state index is 13.4. The Kier molecular flexibility index (Phi) is 4.86. The van der Waals surface area contributed by atoms with E-state index < -0.39 is 24.7 Å². The van der Waals surface area contributed by atoms with Crippen LogP contribution in [0.25, 0.3) is 33.4 Å². The van der Waals surface area contributed by atoms with Crippen molar-refractivity contribution in [2.24, 2.45) is 0 Å². The molecular weight excluding hydrogens is 447 g/mol. The van der Waals surface area contributed by atoms with Crippen molar-refractivity contribution in [3.8, 4) is 22.5 Å². The smallest absolute Gasteiger partial charge is 0.343 e. The fourth-order valence-corrected chi connectivity index (χ4v) is 5.41. The van der Waals surface area contributed by atoms with Gasteiger partial charge in [0.05, 0.1) is 35.7 Å². The minimum absolute atomic E-state index is 0.120. The molecule has 6 nitrogen and oxygen atoms in total. The van der Waals surface area contributed by atoms with Crippen LogP contribution in [0, 0.1) is 0 Å². The topological polar surface area (TPSA) is 81.4 Å². The highest BCUT2D eigenvalue weighted by atomic mass is 19.1. The van der Waals surface area contributed by atoms with Crippen LogP contribution in [0.3, 0.4) is 0 Å². The van der Waals surface area contributed by atoms with Gasteiger partial charge in [0.15, 0.2) is 5.60 Å². The highest BCUT2D eigenvalue weighted by Gasteiger charge is 2.46. The molecule has 4 aromatic rings. The molecule has 0 saturated carbocycles. The Morgan fingerprint density at radius 2 is 1.89 bits per heavy atom. The average molecular weight is 471 g/mol. The van der Waals surface area contributed by atoms with Crippen molar-refractivity contribution in [2.45, 2.75) is 38.5 Å². The van der Waals surface area contributed by atoms with E-state index in [-0.39, 0.29) is 23.3 Å². The van der Waals surface area contributed by atoms with Gasteiger partial charge in [0, 0.05) is 22.9 Å². The van der Waals surface area contributed by atoms with Crippen molar-refractivity contribution < 1.29 is 19.0 Å². The molecule has 0 saturated heterocycles. The number of aromatic nitrogens is 2. The quantitative estimate of drug-likeness (QED) is 0.397. The van der Waals surface area contributed by atoms with Gasteiger partial charge in [0.2, 0.25) is 0 Å². The highest BCUT2D eigenvalue weighted by Crippen LogP contribution is 2.41. The maximum Gasteiger partial charge on any atom is 0.343 e. The van der Waals surface area contributed by atoms with E-state index in [2.05, 4.69) is 25.1 Å². The second kappa shape index (κ2) is 7.85. The monoisotopic (exact) mass is 470 g/mol. The molecular formula is C28H23FN2O4. The lowest BCUT2D eigenvalue weighted by atomic mass is 9.85. The molecule has 2 aliphatic rings. The van der Waals surface area contributed by atoms with Gasteiger partial charge in [-0.25, -0.2) is 9.78 Å². The van der Waals surface area contributed by atoms with Gasteiger partial charge in [-0.05, 0) is 41.3 Å². The number of fused-ring (bicyclic) bond motifs is 5. The molecule has 176 valence electrons. The van der Waals surface area contributed by atoms with Crippen LogP contribution < -0.4 is 5.56 Å². The Labute approximate surface area is 200 Å². The van der Waals surface area contributed by atoms with Gasteiger partial charge in [-0.1, -0.05) is 43.3 Å². The first-order chi connectivity index (χ1) is 17.0. The number of ether oxygens (including phenoxy) is 1. The lowest BCUT2D eigenvalue weighted by Crippen LogP contribution is -2.45. The van der Waals surface area contributed by atoms with E-state index in [1.807, 2.05) is 30.3 Å². The first-order valence-corrected chi connectivity index (χ1v) is 11.7. The Bertz CT molecular complexity index is 1580. The highest BCUT2D eigenvalue weighted by molar-refractivity contribution is 5.92. The van der Waals surface area contributed by atoms with Gasteiger partial charge in [-0.15, -0.1) is 0 Å². The molecule has 2 aromatic heterocycles. The average Bonchev–Trinajstić information content (AvgIpc) is 3.24. The van der Waals surface area contributed by atoms with Crippen molar-refractivity contribution in [2.75, 3.05) is 6.67 Å². The largest absolute Gasteiger partial charge is 0.458 e. The van der Waals surface area contributed by atoms with Crippen LogP contribution in [0.2, 0.25) is 0 Å². The molecule has 35 heavy (non-hydrogen) atoms. The standard InChI is InChI=1S/C28H23FN2O4/c1-2-18-19-12-17(16-6-4-3-5-7-16)8-9-23(19)30-25-20(18)14-31-24(25)13-22-21(26(31)32)15-35-27(33)28(22,34)10-11-29/h3-9,12-13,34H,2,10-11,14-15H2,1H3. The third kappa shape index (κ3) is 3.08. The first-order valence-electron chi connectivity index (χ1n) is 11.7. The van der Waals surface area contributed by atoms with Crippen molar-refractivity contribution >= 4 is 16.9 Å². The van der Waals surface area contributed by atoms with Crippen LogP contribution in [0.1, 0.15) is 35.6 Å². The van der Waals surface area contributed by atoms with Crippen LogP contribution in [0.15, 0.2) is 59.4 Å². The summed E-state index contributed by atoms with van der Waals surface area (Å²) in [6.07, 6.45) is 0.275. The number of aryl methyl sites for hydroxylation is 1. The van der Waals surface area contributed by atoms with Gasteiger partial charge < -0.3 is 14.4 Å². The number of esters is 1. The Morgan fingerprint density at radius 3 is 2.63 bits per heavy atom. The SMILES string of the molecule is CCc1c2c(nc3ccc(-c4ccccc4)cc13)-c1cc3c(c(=O)n1C2)COC(=O)C3(O)CCF. The molecule has 1 unspecified atom stereocenters.